The predicted octanol–water partition coefficient (Wildman–Crippen LogP) is 4.01. The number of fused-ring (bicyclic) bond motifs is 3. The molecule has 2 bridgehead atoms. The van der Waals surface area contributed by atoms with Crippen molar-refractivity contribution >= 4 is 40.9 Å². The van der Waals surface area contributed by atoms with Crippen molar-refractivity contribution in [3.63, 3.8) is 0 Å². The van der Waals surface area contributed by atoms with E-state index < -0.39 is 6.09 Å². The highest BCUT2D eigenvalue weighted by atomic mass is 35.5. The fourth-order valence-corrected chi connectivity index (χ4v) is 4.30. The summed E-state index contributed by atoms with van der Waals surface area (Å²) in [6.45, 7) is 4.74. The van der Waals surface area contributed by atoms with E-state index in [2.05, 4.69) is 20.6 Å². The smallest absolute Gasteiger partial charge is 0.411 e. The molecule has 3 aromatic rings. The van der Waals surface area contributed by atoms with Crippen molar-refractivity contribution in [2.24, 2.45) is 0 Å². The third-order valence-corrected chi connectivity index (χ3v) is 5.88. The van der Waals surface area contributed by atoms with Crippen LogP contribution >= 0.6 is 11.6 Å². The summed E-state index contributed by atoms with van der Waals surface area (Å²) < 4.78 is 12.3. The van der Waals surface area contributed by atoms with Gasteiger partial charge in [-0.05, 0) is 38.5 Å². The molecule has 2 aliphatic rings. The van der Waals surface area contributed by atoms with Crippen LogP contribution in [0.5, 0.6) is 0 Å². The zero-order chi connectivity index (χ0) is 23.1. The van der Waals surface area contributed by atoms with Gasteiger partial charge in [0.1, 0.15) is 0 Å². The largest absolute Gasteiger partial charge is 0.447 e. The lowest BCUT2D eigenvalue weighted by atomic mass is 10.1. The van der Waals surface area contributed by atoms with Crippen LogP contribution in [-0.2, 0) is 9.47 Å². The molecule has 2 atom stereocenters. The van der Waals surface area contributed by atoms with Crippen molar-refractivity contribution < 1.29 is 19.1 Å². The highest BCUT2D eigenvalue weighted by molar-refractivity contribution is 6.33. The number of urea groups is 1. The topological polar surface area (TPSA) is 110 Å². The number of ether oxygens (including phenoxy) is 2. The van der Waals surface area contributed by atoms with Crippen molar-refractivity contribution in [2.75, 3.05) is 23.8 Å². The van der Waals surface area contributed by atoms with Gasteiger partial charge in [0.15, 0.2) is 0 Å². The number of nitrogens with one attached hydrogen (secondary N) is 2. The number of hydrogen-bond donors (Lipinski definition) is 2. The van der Waals surface area contributed by atoms with Gasteiger partial charge in [0.05, 0.1) is 47.5 Å². The summed E-state index contributed by atoms with van der Waals surface area (Å²) in [5.74, 6) is 0.436. The number of hydrogen-bond acceptors (Lipinski definition) is 6. The number of imidazole rings is 1. The molecule has 0 radical (unpaired) electrons. The van der Waals surface area contributed by atoms with E-state index in [4.69, 9.17) is 21.1 Å². The predicted molar refractivity (Wildman–Crippen MR) is 123 cm³/mol. The Morgan fingerprint density at radius 2 is 2.09 bits per heavy atom. The van der Waals surface area contributed by atoms with Gasteiger partial charge in [-0.3, -0.25) is 9.72 Å². The van der Waals surface area contributed by atoms with Gasteiger partial charge in [-0.2, -0.15) is 0 Å². The summed E-state index contributed by atoms with van der Waals surface area (Å²) in [5.41, 5.74) is 2.32. The van der Waals surface area contributed by atoms with Gasteiger partial charge in [0.25, 0.3) is 0 Å². The van der Waals surface area contributed by atoms with Crippen molar-refractivity contribution in [3.05, 3.63) is 41.8 Å². The van der Waals surface area contributed by atoms with Gasteiger partial charge >= 0.3 is 12.1 Å². The molecule has 3 amide bonds. The Hall–Kier alpha value is -3.37. The zero-order valence-electron chi connectivity index (χ0n) is 18.1. The van der Waals surface area contributed by atoms with Crippen molar-refractivity contribution in [1.82, 2.24) is 19.3 Å². The SMILES string of the molecule is CC(C)OC(=O)Nc1cnc2nc(-c3cc(NC(=O)N4C[C@@H]5C[C@H]4CO5)ccc3Cl)cn2c1. The lowest BCUT2D eigenvalue weighted by Crippen LogP contribution is -2.43. The normalized spacial score (nSPS) is 19.3. The average molecular weight is 471 g/mol. The Bertz CT molecular complexity index is 1230. The van der Waals surface area contributed by atoms with Crippen LogP contribution in [0.15, 0.2) is 36.8 Å². The third kappa shape index (κ3) is 4.44. The molecular formula is C22H23ClN6O4. The Kier molecular flexibility index (Phi) is 5.55. The van der Waals surface area contributed by atoms with E-state index in [9.17, 15) is 9.59 Å². The van der Waals surface area contributed by atoms with Gasteiger partial charge in [-0.15, -0.1) is 0 Å². The Labute approximate surface area is 194 Å². The minimum absolute atomic E-state index is 0.131. The zero-order valence-corrected chi connectivity index (χ0v) is 18.9. The van der Waals surface area contributed by atoms with Crippen LogP contribution in [0.2, 0.25) is 5.02 Å². The number of nitrogens with zero attached hydrogens (tertiary/aromatic N) is 4. The summed E-state index contributed by atoms with van der Waals surface area (Å²) in [6.07, 6.45) is 5.17. The number of carbonyl (C=O) groups is 2. The molecule has 0 spiro atoms. The van der Waals surface area contributed by atoms with Crippen molar-refractivity contribution in [2.45, 2.75) is 38.5 Å². The molecule has 10 nitrogen and oxygen atoms in total. The molecule has 5 rings (SSSR count). The van der Waals surface area contributed by atoms with E-state index in [1.807, 2.05) is 4.90 Å². The highest BCUT2D eigenvalue weighted by Gasteiger charge is 2.41. The monoisotopic (exact) mass is 470 g/mol. The number of morpholine rings is 1. The summed E-state index contributed by atoms with van der Waals surface area (Å²) in [5, 5.41) is 6.07. The van der Waals surface area contributed by atoms with Crippen LogP contribution < -0.4 is 10.6 Å². The second kappa shape index (κ2) is 8.53. The summed E-state index contributed by atoms with van der Waals surface area (Å²) in [4.78, 5) is 35.2. The first-order chi connectivity index (χ1) is 15.9. The van der Waals surface area contributed by atoms with Gasteiger partial charge in [-0.25, -0.2) is 19.6 Å². The second-order valence-corrected chi connectivity index (χ2v) is 8.78. The molecular weight excluding hydrogens is 448 g/mol. The molecule has 4 heterocycles. The van der Waals surface area contributed by atoms with Crippen LogP contribution in [0, 0.1) is 0 Å². The van der Waals surface area contributed by atoms with E-state index in [1.54, 1.807) is 48.8 Å². The third-order valence-electron chi connectivity index (χ3n) is 5.55. The molecule has 2 aliphatic heterocycles. The lowest BCUT2D eigenvalue weighted by Gasteiger charge is -2.27. The first kappa shape index (κ1) is 21.5. The van der Waals surface area contributed by atoms with Gasteiger partial charge in [0, 0.05) is 30.2 Å². The minimum Gasteiger partial charge on any atom is -0.447 e. The van der Waals surface area contributed by atoms with Crippen LogP contribution in [0.1, 0.15) is 20.3 Å². The van der Waals surface area contributed by atoms with Gasteiger partial charge < -0.3 is 19.7 Å². The average Bonchev–Trinajstić information content (AvgIpc) is 3.49. The maximum atomic E-state index is 12.7. The molecule has 2 fully saturated rings. The molecule has 11 heteroatoms. The highest BCUT2D eigenvalue weighted by Crippen LogP contribution is 2.32. The number of anilines is 2. The summed E-state index contributed by atoms with van der Waals surface area (Å²) >= 11 is 6.44. The minimum atomic E-state index is -0.559. The molecule has 1 aromatic carbocycles. The Balaban J connectivity index is 1.35. The second-order valence-electron chi connectivity index (χ2n) is 8.38. The maximum Gasteiger partial charge on any atom is 0.411 e. The fourth-order valence-electron chi connectivity index (χ4n) is 4.08. The molecule has 2 aromatic heterocycles. The van der Waals surface area contributed by atoms with Crippen molar-refractivity contribution in [1.29, 1.82) is 0 Å². The molecule has 0 aliphatic carbocycles. The van der Waals surface area contributed by atoms with Crippen molar-refractivity contribution in [3.8, 4) is 11.3 Å². The van der Waals surface area contributed by atoms with Crippen LogP contribution in [0.3, 0.4) is 0 Å². The number of benzene rings is 1. The molecule has 0 saturated carbocycles. The first-order valence-corrected chi connectivity index (χ1v) is 11.0. The summed E-state index contributed by atoms with van der Waals surface area (Å²) in [7, 11) is 0. The quantitative estimate of drug-likeness (QED) is 0.596. The number of carbonyl (C=O) groups excluding carboxylic acids is 2. The molecule has 2 saturated heterocycles. The van der Waals surface area contributed by atoms with Crippen LogP contribution in [0.4, 0.5) is 21.0 Å². The summed E-state index contributed by atoms with van der Waals surface area (Å²) in [6, 6.07) is 5.24. The Morgan fingerprint density at radius 1 is 1.24 bits per heavy atom. The lowest BCUT2D eigenvalue weighted by molar-refractivity contribution is 0.0473. The van der Waals surface area contributed by atoms with E-state index in [1.165, 1.54) is 6.20 Å². The number of amides is 3. The van der Waals surface area contributed by atoms with Gasteiger partial charge in [-0.1, -0.05) is 11.6 Å². The Morgan fingerprint density at radius 3 is 2.82 bits per heavy atom. The molecule has 0 unspecified atom stereocenters. The molecule has 33 heavy (non-hydrogen) atoms. The van der Waals surface area contributed by atoms with E-state index >= 15 is 0 Å². The fraction of sp³-hybridized carbons (Fsp3) is 0.364. The van der Waals surface area contributed by atoms with Crippen LogP contribution in [0.25, 0.3) is 17.0 Å². The van der Waals surface area contributed by atoms with Crippen LogP contribution in [-0.4, -0.2) is 62.8 Å². The van der Waals surface area contributed by atoms with E-state index in [0.717, 1.165) is 6.42 Å². The first-order valence-electron chi connectivity index (χ1n) is 10.7. The van der Waals surface area contributed by atoms with E-state index in [0.29, 0.717) is 46.6 Å². The standard InChI is InChI=1S/C22H23ClN6O4/c1-12(2)33-22(31)26-14-7-24-20-27-19(10-28(20)8-14)17-5-13(3-4-18(17)23)25-21(30)29-9-16-6-15(29)11-32-16/h3-5,7-8,10,12,15-16H,6,9,11H2,1-2H3,(H,25,30)(H,26,31)/t15-,16-/m0/s1. The molecule has 172 valence electrons. The maximum absolute atomic E-state index is 12.7. The number of likely N-dealkylation sites (tertiary alicyclic amines) is 1. The molecule has 2 N–H and O–H groups in total. The van der Waals surface area contributed by atoms with Gasteiger partial charge in [0.2, 0.25) is 5.78 Å². The number of halogens is 1. The number of aromatic nitrogens is 3. The van der Waals surface area contributed by atoms with E-state index in [-0.39, 0.29) is 24.3 Å². The number of rotatable bonds is 4.